The highest BCUT2D eigenvalue weighted by Gasteiger charge is 2.28. The van der Waals surface area contributed by atoms with Crippen LogP contribution in [0.1, 0.15) is 25.7 Å². The second-order valence-corrected chi connectivity index (χ2v) is 4.87. The standard InChI is InChI=1S/C13H20N2O2/c1-15(12-6-7-14-8-12)13(17)11-4-2-10(9-16)3-5-11/h6-8,10-11,14,16H,2-5,9H2,1H3. The molecule has 0 spiro atoms. The van der Waals surface area contributed by atoms with Crippen LogP contribution in [0.3, 0.4) is 0 Å². The van der Waals surface area contributed by atoms with Crippen LogP contribution in [-0.2, 0) is 4.79 Å². The average molecular weight is 236 g/mol. The van der Waals surface area contributed by atoms with Crippen LogP contribution in [0.4, 0.5) is 5.69 Å². The van der Waals surface area contributed by atoms with Gasteiger partial charge in [-0.25, -0.2) is 0 Å². The van der Waals surface area contributed by atoms with Gasteiger partial charge in [0, 0.05) is 32.0 Å². The lowest BCUT2D eigenvalue weighted by atomic mass is 9.82. The normalized spacial score (nSPS) is 24.6. The fraction of sp³-hybridized carbons (Fsp3) is 0.615. The molecule has 0 atom stereocenters. The van der Waals surface area contributed by atoms with E-state index in [2.05, 4.69) is 4.98 Å². The third-order valence-electron chi connectivity index (χ3n) is 3.75. The fourth-order valence-corrected chi connectivity index (χ4v) is 2.52. The molecule has 1 aromatic heterocycles. The maximum absolute atomic E-state index is 12.2. The first-order valence-electron chi connectivity index (χ1n) is 6.23. The summed E-state index contributed by atoms with van der Waals surface area (Å²) in [6.07, 6.45) is 7.39. The summed E-state index contributed by atoms with van der Waals surface area (Å²) in [5, 5.41) is 9.08. The van der Waals surface area contributed by atoms with Gasteiger partial charge in [-0.2, -0.15) is 0 Å². The Bertz CT molecular complexity index is 354. The summed E-state index contributed by atoms with van der Waals surface area (Å²) in [6.45, 7) is 0.258. The van der Waals surface area contributed by atoms with Crippen molar-refractivity contribution in [2.45, 2.75) is 25.7 Å². The molecule has 0 bridgehead atoms. The second-order valence-electron chi connectivity index (χ2n) is 4.87. The summed E-state index contributed by atoms with van der Waals surface area (Å²) in [4.78, 5) is 16.9. The number of nitrogens with one attached hydrogen (secondary N) is 1. The predicted octanol–water partition coefficient (Wildman–Crippen LogP) is 1.78. The summed E-state index contributed by atoms with van der Waals surface area (Å²) < 4.78 is 0. The third-order valence-corrected chi connectivity index (χ3v) is 3.75. The number of carbonyl (C=O) groups is 1. The Kier molecular flexibility index (Phi) is 3.84. The molecule has 1 heterocycles. The number of hydrogen-bond acceptors (Lipinski definition) is 2. The molecule has 2 rings (SSSR count). The van der Waals surface area contributed by atoms with Crippen molar-refractivity contribution >= 4 is 11.6 Å². The highest BCUT2D eigenvalue weighted by molar-refractivity contribution is 5.94. The van der Waals surface area contributed by atoms with Gasteiger partial charge in [0.05, 0.1) is 5.69 Å². The summed E-state index contributed by atoms with van der Waals surface area (Å²) in [5.41, 5.74) is 0.916. The number of carbonyl (C=O) groups excluding carboxylic acids is 1. The van der Waals surface area contributed by atoms with Crippen LogP contribution in [0.25, 0.3) is 0 Å². The fourth-order valence-electron chi connectivity index (χ4n) is 2.52. The molecule has 1 saturated carbocycles. The van der Waals surface area contributed by atoms with Gasteiger partial charge < -0.3 is 15.0 Å². The Balaban J connectivity index is 1.93. The van der Waals surface area contributed by atoms with E-state index in [1.165, 1.54) is 0 Å². The number of anilines is 1. The number of aliphatic hydroxyl groups excluding tert-OH is 1. The molecule has 94 valence electrons. The number of aliphatic hydroxyl groups is 1. The lowest BCUT2D eigenvalue weighted by Crippen LogP contribution is -2.35. The highest BCUT2D eigenvalue weighted by atomic mass is 16.3. The quantitative estimate of drug-likeness (QED) is 0.840. The largest absolute Gasteiger partial charge is 0.396 e. The molecular formula is C13H20N2O2. The van der Waals surface area contributed by atoms with Crippen LogP contribution < -0.4 is 4.90 Å². The van der Waals surface area contributed by atoms with Gasteiger partial charge in [-0.3, -0.25) is 4.79 Å². The van der Waals surface area contributed by atoms with Crippen LogP contribution >= 0.6 is 0 Å². The van der Waals surface area contributed by atoms with Crippen molar-refractivity contribution in [1.82, 2.24) is 4.98 Å². The minimum absolute atomic E-state index is 0.123. The van der Waals surface area contributed by atoms with Crippen LogP contribution in [0.2, 0.25) is 0 Å². The minimum atomic E-state index is 0.123. The number of aromatic amines is 1. The maximum Gasteiger partial charge on any atom is 0.229 e. The van der Waals surface area contributed by atoms with Crippen molar-refractivity contribution < 1.29 is 9.90 Å². The molecule has 1 fully saturated rings. The monoisotopic (exact) mass is 236 g/mol. The Labute approximate surface area is 102 Å². The van der Waals surface area contributed by atoms with Gasteiger partial charge in [0.2, 0.25) is 5.91 Å². The van der Waals surface area contributed by atoms with E-state index in [1.807, 2.05) is 25.5 Å². The number of H-pyrrole nitrogens is 1. The predicted molar refractivity (Wildman–Crippen MR) is 66.7 cm³/mol. The van der Waals surface area contributed by atoms with Gasteiger partial charge >= 0.3 is 0 Å². The molecule has 0 unspecified atom stereocenters. The summed E-state index contributed by atoms with van der Waals surface area (Å²) >= 11 is 0. The summed E-state index contributed by atoms with van der Waals surface area (Å²) in [5.74, 6) is 0.718. The Morgan fingerprint density at radius 2 is 2.18 bits per heavy atom. The Morgan fingerprint density at radius 3 is 2.71 bits per heavy atom. The van der Waals surface area contributed by atoms with Crippen molar-refractivity contribution in [2.75, 3.05) is 18.6 Å². The first-order valence-corrected chi connectivity index (χ1v) is 6.23. The van der Waals surface area contributed by atoms with E-state index in [9.17, 15) is 4.79 Å². The molecule has 1 aliphatic carbocycles. The van der Waals surface area contributed by atoms with Crippen LogP contribution in [0.5, 0.6) is 0 Å². The van der Waals surface area contributed by atoms with Gasteiger partial charge in [-0.1, -0.05) is 0 Å². The maximum atomic E-state index is 12.2. The zero-order valence-corrected chi connectivity index (χ0v) is 10.2. The van der Waals surface area contributed by atoms with Crippen LogP contribution in [-0.4, -0.2) is 29.7 Å². The second kappa shape index (κ2) is 5.36. The molecule has 4 heteroatoms. The number of rotatable bonds is 3. The van der Waals surface area contributed by atoms with Crippen molar-refractivity contribution in [3.05, 3.63) is 18.5 Å². The topological polar surface area (TPSA) is 56.3 Å². The number of hydrogen-bond donors (Lipinski definition) is 2. The molecule has 0 radical (unpaired) electrons. The third kappa shape index (κ3) is 2.69. The lowest BCUT2D eigenvalue weighted by molar-refractivity contribution is -0.123. The smallest absolute Gasteiger partial charge is 0.229 e. The molecule has 0 aliphatic heterocycles. The molecule has 17 heavy (non-hydrogen) atoms. The van der Waals surface area contributed by atoms with Crippen molar-refractivity contribution in [3.8, 4) is 0 Å². The molecule has 4 nitrogen and oxygen atoms in total. The number of aromatic nitrogens is 1. The number of amides is 1. The Hall–Kier alpha value is -1.29. The molecule has 0 aromatic carbocycles. The molecule has 1 amide bonds. The van der Waals surface area contributed by atoms with Crippen LogP contribution in [0.15, 0.2) is 18.5 Å². The zero-order valence-electron chi connectivity index (χ0n) is 10.2. The van der Waals surface area contributed by atoms with Gasteiger partial charge in [-0.05, 0) is 37.7 Å². The van der Waals surface area contributed by atoms with E-state index in [1.54, 1.807) is 4.90 Å². The average Bonchev–Trinajstić information content (AvgIpc) is 2.91. The van der Waals surface area contributed by atoms with E-state index in [-0.39, 0.29) is 18.4 Å². The SMILES string of the molecule is CN(C(=O)C1CCC(CO)CC1)c1cc[nH]c1. The van der Waals surface area contributed by atoms with Gasteiger partial charge in [0.1, 0.15) is 0 Å². The van der Waals surface area contributed by atoms with E-state index in [0.717, 1.165) is 31.4 Å². The van der Waals surface area contributed by atoms with Crippen molar-refractivity contribution in [2.24, 2.45) is 11.8 Å². The van der Waals surface area contributed by atoms with Gasteiger partial charge in [0.25, 0.3) is 0 Å². The lowest BCUT2D eigenvalue weighted by Gasteiger charge is -2.29. The van der Waals surface area contributed by atoms with Gasteiger partial charge in [0.15, 0.2) is 0 Å². The van der Waals surface area contributed by atoms with Gasteiger partial charge in [-0.15, -0.1) is 0 Å². The number of nitrogens with zero attached hydrogens (tertiary/aromatic N) is 1. The van der Waals surface area contributed by atoms with E-state index >= 15 is 0 Å². The van der Waals surface area contributed by atoms with E-state index < -0.39 is 0 Å². The molecule has 2 N–H and O–H groups in total. The van der Waals surface area contributed by atoms with Crippen molar-refractivity contribution in [3.63, 3.8) is 0 Å². The molecule has 1 aromatic rings. The summed E-state index contributed by atoms with van der Waals surface area (Å²) in [6, 6.07) is 1.90. The molecule has 0 saturated heterocycles. The highest BCUT2D eigenvalue weighted by Crippen LogP contribution is 2.30. The first-order chi connectivity index (χ1) is 8.22. The minimum Gasteiger partial charge on any atom is -0.396 e. The summed E-state index contributed by atoms with van der Waals surface area (Å²) in [7, 11) is 1.82. The van der Waals surface area contributed by atoms with E-state index in [4.69, 9.17) is 5.11 Å². The van der Waals surface area contributed by atoms with E-state index in [0.29, 0.717) is 5.92 Å². The Morgan fingerprint density at radius 1 is 1.47 bits per heavy atom. The first kappa shape index (κ1) is 12.2. The zero-order chi connectivity index (χ0) is 12.3. The molecular weight excluding hydrogens is 216 g/mol. The molecule has 1 aliphatic rings. The van der Waals surface area contributed by atoms with Crippen LogP contribution in [0, 0.1) is 11.8 Å². The van der Waals surface area contributed by atoms with Crippen molar-refractivity contribution in [1.29, 1.82) is 0 Å².